The zero-order valence-corrected chi connectivity index (χ0v) is 13.9. The lowest BCUT2D eigenvalue weighted by Gasteiger charge is -2.27. The van der Waals surface area contributed by atoms with Gasteiger partial charge in [0.2, 0.25) is 0 Å². The highest BCUT2D eigenvalue weighted by molar-refractivity contribution is 5.85. The Morgan fingerprint density at radius 2 is 1.83 bits per heavy atom. The summed E-state index contributed by atoms with van der Waals surface area (Å²) in [7, 11) is 1.49. The second-order valence-electron chi connectivity index (χ2n) is 5.76. The van der Waals surface area contributed by atoms with Crippen molar-refractivity contribution in [2.75, 3.05) is 7.11 Å². The topological polar surface area (TPSA) is 35.5 Å². The minimum atomic E-state index is -1.40. The van der Waals surface area contributed by atoms with Crippen molar-refractivity contribution in [3.63, 3.8) is 0 Å². The Morgan fingerprint density at radius 1 is 1.12 bits per heavy atom. The Balaban J connectivity index is 1.92. The third-order valence-electron chi connectivity index (χ3n) is 4.40. The standard InChI is InChI=1S/C21H20O3/c1-3-15-21(23-2,17-10-5-4-6-11-17)20(22)24-19-14-13-16-9-7-8-12-18(16)19/h4-12,19H,13-14H2,1-2H3/t19-,21+/m0/s1. The number of hydrogen-bond acceptors (Lipinski definition) is 3. The molecule has 3 nitrogen and oxygen atoms in total. The molecule has 24 heavy (non-hydrogen) atoms. The number of fused-ring (bicyclic) bond motifs is 1. The molecule has 0 radical (unpaired) electrons. The van der Waals surface area contributed by atoms with Crippen molar-refractivity contribution in [2.45, 2.75) is 31.5 Å². The van der Waals surface area contributed by atoms with E-state index in [-0.39, 0.29) is 6.10 Å². The van der Waals surface area contributed by atoms with Gasteiger partial charge in [0, 0.05) is 12.7 Å². The van der Waals surface area contributed by atoms with Gasteiger partial charge < -0.3 is 9.47 Å². The van der Waals surface area contributed by atoms with Crippen molar-refractivity contribution in [1.29, 1.82) is 0 Å². The summed E-state index contributed by atoms with van der Waals surface area (Å²) >= 11 is 0. The van der Waals surface area contributed by atoms with Gasteiger partial charge in [0.1, 0.15) is 6.10 Å². The van der Waals surface area contributed by atoms with Crippen LogP contribution in [0.4, 0.5) is 0 Å². The van der Waals surface area contributed by atoms with Crippen molar-refractivity contribution in [3.05, 3.63) is 71.3 Å². The molecular weight excluding hydrogens is 300 g/mol. The SMILES string of the molecule is CC#C[C@](OC)(C(=O)O[C@H]1CCc2ccccc21)c1ccccc1. The first-order valence-corrected chi connectivity index (χ1v) is 8.04. The van der Waals surface area contributed by atoms with Gasteiger partial charge in [0.05, 0.1) is 0 Å². The van der Waals surface area contributed by atoms with E-state index in [2.05, 4.69) is 17.9 Å². The van der Waals surface area contributed by atoms with Crippen LogP contribution in [0.15, 0.2) is 54.6 Å². The highest BCUT2D eigenvalue weighted by atomic mass is 16.6. The Bertz CT molecular complexity index is 785. The molecule has 2 aromatic rings. The molecule has 122 valence electrons. The fraction of sp³-hybridized carbons (Fsp3) is 0.286. The Morgan fingerprint density at radius 3 is 2.54 bits per heavy atom. The molecule has 0 saturated heterocycles. The Labute approximate surface area is 142 Å². The molecule has 0 unspecified atom stereocenters. The van der Waals surface area contributed by atoms with E-state index in [0.29, 0.717) is 5.56 Å². The zero-order chi connectivity index (χ0) is 17.0. The van der Waals surface area contributed by atoms with Gasteiger partial charge in [0.15, 0.2) is 0 Å². The molecule has 2 aromatic carbocycles. The van der Waals surface area contributed by atoms with E-state index in [0.717, 1.165) is 18.4 Å². The number of benzene rings is 2. The van der Waals surface area contributed by atoms with Crippen molar-refractivity contribution in [3.8, 4) is 11.8 Å². The Kier molecular flexibility index (Phi) is 4.69. The molecule has 0 amide bonds. The lowest BCUT2D eigenvalue weighted by Crippen LogP contribution is -2.38. The van der Waals surface area contributed by atoms with Gasteiger partial charge in [-0.05, 0) is 30.9 Å². The first-order valence-electron chi connectivity index (χ1n) is 8.04. The van der Waals surface area contributed by atoms with Crippen molar-refractivity contribution >= 4 is 5.97 Å². The number of rotatable bonds is 4. The van der Waals surface area contributed by atoms with Crippen LogP contribution in [-0.2, 0) is 26.3 Å². The summed E-state index contributed by atoms with van der Waals surface area (Å²) in [5.74, 6) is 5.25. The van der Waals surface area contributed by atoms with Gasteiger partial charge >= 0.3 is 5.97 Å². The molecule has 0 heterocycles. The fourth-order valence-electron chi connectivity index (χ4n) is 3.19. The number of methoxy groups -OCH3 is 1. The van der Waals surface area contributed by atoms with Crippen LogP contribution in [0.5, 0.6) is 0 Å². The molecule has 0 aliphatic heterocycles. The maximum absolute atomic E-state index is 13.0. The first-order chi connectivity index (χ1) is 11.7. The molecule has 1 aliphatic carbocycles. The number of hydrogen-bond donors (Lipinski definition) is 0. The maximum Gasteiger partial charge on any atom is 0.356 e. The minimum absolute atomic E-state index is 0.245. The highest BCUT2D eigenvalue weighted by Gasteiger charge is 2.42. The van der Waals surface area contributed by atoms with Gasteiger partial charge in [-0.2, -0.15) is 0 Å². The van der Waals surface area contributed by atoms with Gasteiger partial charge in [-0.15, -0.1) is 5.92 Å². The van der Waals surface area contributed by atoms with Crippen LogP contribution in [0.3, 0.4) is 0 Å². The number of carbonyl (C=O) groups is 1. The smallest absolute Gasteiger partial charge is 0.356 e. The summed E-state index contributed by atoms with van der Waals surface area (Å²) in [5.41, 5.74) is 1.60. The molecule has 3 heteroatoms. The van der Waals surface area contributed by atoms with Gasteiger partial charge in [-0.1, -0.05) is 60.5 Å². The molecule has 3 rings (SSSR count). The zero-order valence-electron chi connectivity index (χ0n) is 13.9. The predicted octanol–water partition coefficient (Wildman–Crippen LogP) is 3.78. The molecule has 2 atom stereocenters. The maximum atomic E-state index is 13.0. The van der Waals surface area contributed by atoms with Crippen LogP contribution in [-0.4, -0.2) is 13.1 Å². The summed E-state index contributed by atoms with van der Waals surface area (Å²) < 4.78 is 11.4. The number of aryl methyl sites for hydroxylation is 1. The van der Waals surface area contributed by atoms with Gasteiger partial charge in [-0.3, -0.25) is 0 Å². The predicted molar refractivity (Wildman–Crippen MR) is 92.2 cm³/mol. The highest BCUT2D eigenvalue weighted by Crippen LogP contribution is 2.36. The second kappa shape index (κ2) is 6.90. The lowest BCUT2D eigenvalue weighted by molar-refractivity contribution is -0.169. The van der Waals surface area contributed by atoms with Gasteiger partial charge in [0.25, 0.3) is 5.60 Å². The number of carbonyl (C=O) groups excluding carboxylic acids is 1. The number of ether oxygens (including phenoxy) is 2. The van der Waals surface area contributed by atoms with Crippen LogP contribution in [0.1, 0.15) is 36.1 Å². The van der Waals surface area contributed by atoms with Crippen LogP contribution >= 0.6 is 0 Å². The molecule has 0 N–H and O–H groups in total. The third kappa shape index (κ3) is 2.81. The van der Waals surface area contributed by atoms with E-state index in [1.165, 1.54) is 12.7 Å². The van der Waals surface area contributed by atoms with Crippen LogP contribution in [0.25, 0.3) is 0 Å². The molecular formula is C21H20O3. The summed E-state index contributed by atoms with van der Waals surface area (Å²) in [6, 6.07) is 17.3. The molecule has 0 fully saturated rings. The fourth-order valence-corrected chi connectivity index (χ4v) is 3.19. The molecule has 0 aromatic heterocycles. The summed E-state index contributed by atoms with van der Waals surface area (Å²) in [4.78, 5) is 13.0. The van der Waals surface area contributed by atoms with E-state index < -0.39 is 11.6 Å². The van der Waals surface area contributed by atoms with E-state index in [9.17, 15) is 4.79 Å². The molecule has 0 bridgehead atoms. The summed E-state index contributed by atoms with van der Waals surface area (Å²) in [6.07, 6.45) is 1.46. The largest absolute Gasteiger partial charge is 0.454 e. The lowest BCUT2D eigenvalue weighted by atomic mass is 9.94. The molecule has 0 spiro atoms. The van der Waals surface area contributed by atoms with Crippen molar-refractivity contribution in [2.24, 2.45) is 0 Å². The number of esters is 1. The first kappa shape index (κ1) is 16.3. The summed E-state index contributed by atoms with van der Waals surface area (Å²) in [6.45, 7) is 1.69. The summed E-state index contributed by atoms with van der Waals surface area (Å²) in [5, 5.41) is 0. The minimum Gasteiger partial charge on any atom is -0.454 e. The van der Waals surface area contributed by atoms with Gasteiger partial charge in [-0.25, -0.2) is 4.79 Å². The second-order valence-corrected chi connectivity index (χ2v) is 5.76. The average Bonchev–Trinajstić information content (AvgIpc) is 3.03. The van der Waals surface area contributed by atoms with E-state index in [4.69, 9.17) is 9.47 Å². The van der Waals surface area contributed by atoms with Crippen molar-refractivity contribution < 1.29 is 14.3 Å². The van der Waals surface area contributed by atoms with E-state index in [1.807, 2.05) is 48.5 Å². The molecule has 1 aliphatic rings. The van der Waals surface area contributed by atoms with E-state index in [1.54, 1.807) is 6.92 Å². The third-order valence-corrected chi connectivity index (χ3v) is 4.40. The van der Waals surface area contributed by atoms with Crippen LogP contribution < -0.4 is 0 Å². The monoisotopic (exact) mass is 320 g/mol. The normalized spacial score (nSPS) is 18.0. The Hall–Kier alpha value is -2.57. The van der Waals surface area contributed by atoms with E-state index >= 15 is 0 Å². The van der Waals surface area contributed by atoms with Crippen LogP contribution in [0.2, 0.25) is 0 Å². The average molecular weight is 320 g/mol. The van der Waals surface area contributed by atoms with Crippen LogP contribution in [0, 0.1) is 11.8 Å². The quantitative estimate of drug-likeness (QED) is 0.635. The van der Waals surface area contributed by atoms with Crippen molar-refractivity contribution in [1.82, 2.24) is 0 Å². The molecule has 0 saturated carbocycles.